The van der Waals surface area contributed by atoms with Crippen molar-refractivity contribution in [3.63, 3.8) is 0 Å². The summed E-state index contributed by atoms with van der Waals surface area (Å²) in [5.74, 6) is 0.535. The molecule has 0 heterocycles. The van der Waals surface area contributed by atoms with Crippen LogP contribution in [0.4, 0.5) is 0 Å². The zero-order valence-corrected chi connectivity index (χ0v) is 13.2. The Morgan fingerprint density at radius 2 is 1.82 bits per heavy atom. The molecule has 112 valence electrons. The second-order valence-corrected chi connectivity index (χ2v) is 6.65. The second kappa shape index (κ2) is 6.65. The van der Waals surface area contributed by atoms with Crippen molar-refractivity contribution in [2.75, 3.05) is 7.11 Å². The molecular formula is C16H12ClNO3S. The number of methoxy groups -OCH3 is 1. The van der Waals surface area contributed by atoms with Crippen molar-refractivity contribution in [3.05, 3.63) is 64.0 Å². The van der Waals surface area contributed by atoms with Crippen LogP contribution in [0.15, 0.2) is 58.3 Å². The van der Waals surface area contributed by atoms with Gasteiger partial charge in [-0.05, 0) is 42.0 Å². The molecule has 0 radical (unpaired) electrons. The molecule has 0 N–H and O–H groups in total. The smallest absolute Gasteiger partial charge is 0.216 e. The second-order valence-electron chi connectivity index (χ2n) is 4.32. The highest BCUT2D eigenvalue weighted by atomic mass is 35.5. The monoisotopic (exact) mass is 333 g/mol. The topological polar surface area (TPSA) is 67.2 Å². The lowest BCUT2D eigenvalue weighted by atomic mass is 10.2. The first-order chi connectivity index (χ1) is 10.5. The van der Waals surface area contributed by atoms with Crippen LogP contribution in [0.3, 0.4) is 0 Å². The van der Waals surface area contributed by atoms with Crippen molar-refractivity contribution >= 4 is 27.5 Å². The first kappa shape index (κ1) is 16.1. The van der Waals surface area contributed by atoms with Crippen LogP contribution in [0.25, 0.3) is 6.08 Å². The molecule has 0 aliphatic rings. The fraction of sp³-hybridized carbons (Fsp3) is 0.0625. The molecule has 6 heteroatoms. The van der Waals surface area contributed by atoms with Crippen LogP contribution in [0.1, 0.15) is 5.56 Å². The number of nitrogens with zero attached hydrogens (tertiary/aromatic N) is 1. The molecule has 4 nitrogen and oxygen atoms in total. The quantitative estimate of drug-likeness (QED) is 0.800. The summed E-state index contributed by atoms with van der Waals surface area (Å²) in [4.78, 5) is -0.348. The maximum atomic E-state index is 12.5. The van der Waals surface area contributed by atoms with Gasteiger partial charge in [-0.3, -0.25) is 0 Å². The first-order valence-electron chi connectivity index (χ1n) is 6.24. The van der Waals surface area contributed by atoms with Gasteiger partial charge in [0.25, 0.3) is 0 Å². The van der Waals surface area contributed by atoms with Gasteiger partial charge in [-0.2, -0.15) is 5.26 Å². The minimum atomic E-state index is -3.91. The number of ether oxygens (including phenoxy) is 1. The third-order valence-corrected chi connectivity index (χ3v) is 4.99. The Morgan fingerprint density at radius 1 is 1.18 bits per heavy atom. The molecule has 0 saturated heterocycles. The van der Waals surface area contributed by atoms with Gasteiger partial charge < -0.3 is 4.74 Å². The Kier molecular flexibility index (Phi) is 4.86. The fourth-order valence-electron chi connectivity index (χ4n) is 1.79. The summed E-state index contributed by atoms with van der Waals surface area (Å²) >= 11 is 6.00. The van der Waals surface area contributed by atoms with Crippen LogP contribution in [0, 0.1) is 11.3 Å². The first-order valence-corrected chi connectivity index (χ1v) is 8.10. The van der Waals surface area contributed by atoms with Crippen LogP contribution in [-0.2, 0) is 9.84 Å². The Morgan fingerprint density at radius 3 is 2.36 bits per heavy atom. The highest BCUT2D eigenvalue weighted by Gasteiger charge is 2.21. The third kappa shape index (κ3) is 3.30. The lowest BCUT2D eigenvalue weighted by Gasteiger charge is -2.05. The standard InChI is InChI=1S/C16H12ClNO3S/c1-21-13-6-8-14(9-7-13)22(19,20)15(11-18)10-12-4-2-3-5-16(12)17/h2-10H,1H3. The lowest BCUT2D eigenvalue weighted by Crippen LogP contribution is -2.03. The van der Waals surface area contributed by atoms with E-state index in [1.54, 1.807) is 30.3 Å². The molecule has 0 saturated carbocycles. The molecule has 2 rings (SSSR count). The largest absolute Gasteiger partial charge is 0.497 e. The van der Waals surface area contributed by atoms with Gasteiger partial charge in [0.15, 0.2) is 0 Å². The van der Waals surface area contributed by atoms with E-state index in [0.717, 1.165) is 0 Å². The van der Waals surface area contributed by atoms with E-state index < -0.39 is 9.84 Å². The van der Waals surface area contributed by atoms with Gasteiger partial charge in [-0.15, -0.1) is 0 Å². The molecule has 0 aliphatic heterocycles. The van der Waals surface area contributed by atoms with Gasteiger partial charge in [0.2, 0.25) is 9.84 Å². The van der Waals surface area contributed by atoms with Gasteiger partial charge in [-0.1, -0.05) is 29.8 Å². The van der Waals surface area contributed by atoms with E-state index in [4.69, 9.17) is 16.3 Å². The molecule has 0 aliphatic carbocycles. The van der Waals surface area contributed by atoms with Crippen LogP contribution >= 0.6 is 11.6 Å². The number of hydrogen-bond acceptors (Lipinski definition) is 4. The number of halogens is 1. The van der Waals surface area contributed by atoms with E-state index in [-0.39, 0.29) is 9.80 Å². The van der Waals surface area contributed by atoms with E-state index in [1.165, 1.54) is 37.5 Å². The summed E-state index contributed by atoms with van der Waals surface area (Å²) in [6, 6.07) is 14.3. The number of nitriles is 1. The van der Waals surface area contributed by atoms with Crippen molar-refractivity contribution in [2.24, 2.45) is 0 Å². The normalized spacial score (nSPS) is 11.8. The van der Waals surface area contributed by atoms with Crippen LogP contribution in [0.2, 0.25) is 5.02 Å². The number of hydrogen-bond donors (Lipinski definition) is 0. The van der Waals surface area contributed by atoms with Crippen molar-refractivity contribution in [3.8, 4) is 11.8 Å². The predicted molar refractivity (Wildman–Crippen MR) is 85.2 cm³/mol. The van der Waals surface area contributed by atoms with E-state index in [2.05, 4.69) is 0 Å². The van der Waals surface area contributed by atoms with Crippen molar-refractivity contribution in [2.45, 2.75) is 4.90 Å². The molecule has 0 spiro atoms. The maximum absolute atomic E-state index is 12.5. The molecule has 0 atom stereocenters. The number of allylic oxidation sites excluding steroid dienone is 1. The highest BCUT2D eigenvalue weighted by molar-refractivity contribution is 7.95. The molecule has 0 fully saturated rings. The molecule has 0 amide bonds. The molecule has 2 aromatic carbocycles. The number of benzene rings is 2. The summed E-state index contributed by atoms with van der Waals surface area (Å²) in [5.41, 5.74) is 0.470. The zero-order chi connectivity index (χ0) is 16.2. The number of sulfone groups is 1. The van der Waals surface area contributed by atoms with Gasteiger partial charge in [-0.25, -0.2) is 8.42 Å². The summed E-state index contributed by atoms with van der Waals surface area (Å²) in [5, 5.41) is 9.59. The minimum Gasteiger partial charge on any atom is -0.497 e. The van der Waals surface area contributed by atoms with E-state index in [1.807, 2.05) is 0 Å². The Labute approximate surface area is 134 Å². The zero-order valence-electron chi connectivity index (χ0n) is 11.7. The van der Waals surface area contributed by atoms with Gasteiger partial charge >= 0.3 is 0 Å². The molecule has 0 bridgehead atoms. The SMILES string of the molecule is COc1ccc(S(=O)(=O)C(C#N)=Cc2ccccc2Cl)cc1. The van der Waals surface area contributed by atoms with Gasteiger partial charge in [0.1, 0.15) is 16.7 Å². The lowest BCUT2D eigenvalue weighted by molar-refractivity contribution is 0.414. The van der Waals surface area contributed by atoms with Crippen LogP contribution < -0.4 is 4.74 Å². The molecule has 0 unspecified atom stereocenters. The molecule has 0 aromatic heterocycles. The van der Waals surface area contributed by atoms with Gasteiger partial charge in [0, 0.05) is 5.02 Å². The summed E-state index contributed by atoms with van der Waals surface area (Å²) in [7, 11) is -2.42. The van der Waals surface area contributed by atoms with E-state index in [0.29, 0.717) is 16.3 Å². The van der Waals surface area contributed by atoms with Crippen molar-refractivity contribution < 1.29 is 13.2 Å². The Hall–Kier alpha value is -2.29. The number of rotatable bonds is 4. The van der Waals surface area contributed by atoms with Gasteiger partial charge in [0.05, 0.1) is 12.0 Å². The third-order valence-electron chi connectivity index (χ3n) is 2.96. The molecule has 22 heavy (non-hydrogen) atoms. The fourth-order valence-corrected chi connectivity index (χ4v) is 3.13. The van der Waals surface area contributed by atoms with E-state index >= 15 is 0 Å². The average molecular weight is 334 g/mol. The van der Waals surface area contributed by atoms with Crippen LogP contribution in [0.5, 0.6) is 5.75 Å². The van der Waals surface area contributed by atoms with Crippen molar-refractivity contribution in [1.82, 2.24) is 0 Å². The summed E-state index contributed by atoms with van der Waals surface area (Å²) < 4.78 is 30.0. The summed E-state index contributed by atoms with van der Waals surface area (Å²) in [6.45, 7) is 0. The predicted octanol–water partition coefficient (Wildman–Crippen LogP) is 3.69. The Balaban J connectivity index is 2.50. The minimum absolute atomic E-state index is 0.0214. The maximum Gasteiger partial charge on any atom is 0.216 e. The molecular weight excluding hydrogens is 322 g/mol. The van der Waals surface area contributed by atoms with Crippen molar-refractivity contribution in [1.29, 1.82) is 5.26 Å². The Bertz CT molecular complexity index is 850. The molecule has 2 aromatic rings. The highest BCUT2D eigenvalue weighted by Crippen LogP contribution is 2.25. The van der Waals surface area contributed by atoms with E-state index in [9.17, 15) is 13.7 Å². The van der Waals surface area contributed by atoms with Crippen LogP contribution in [-0.4, -0.2) is 15.5 Å². The average Bonchev–Trinajstić information content (AvgIpc) is 2.54. The summed E-state index contributed by atoms with van der Waals surface area (Å²) in [6.07, 6.45) is 1.27.